The number of oxime groups is 1. The second-order valence-electron chi connectivity index (χ2n) is 9.43. The SMILES string of the molecule is CC[C@@]1(O)C(=O)OC(/C=N/OC(C)(C)C)c2c1cc1n(c2=O)Cc2cc3ccccc3nc2-1. The lowest BCUT2D eigenvalue weighted by atomic mass is 9.83. The maximum Gasteiger partial charge on any atom is 0.343 e. The number of cyclic esters (lactones) is 1. The van der Waals surface area contributed by atoms with Crippen LogP contribution in [0.25, 0.3) is 22.3 Å². The minimum atomic E-state index is -1.93. The lowest BCUT2D eigenvalue weighted by Gasteiger charge is -2.34. The third kappa shape index (κ3) is 3.33. The summed E-state index contributed by atoms with van der Waals surface area (Å²) in [6.45, 7) is 7.51. The van der Waals surface area contributed by atoms with Crippen molar-refractivity contribution in [1.82, 2.24) is 9.55 Å². The first-order valence-corrected chi connectivity index (χ1v) is 10.9. The number of carbonyl (C=O) groups excluding carboxylic acids is 1. The van der Waals surface area contributed by atoms with Gasteiger partial charge < -0.3 is 19.2 Å². The Kier molecular flexibility index (Phi) is 4.68. The second kappa shape index (κ2) is 7.25. The third-order valence-corrected chi connectivity index (χ3v) is 6.05. The Morgan fingerprint density at radius 2 is 2.06 bits per heavy atom. The third-order valence-electron chi connectivity index (χ3n) is 6.05. The summed E-state index contributed by atoms with van der Waals surface area (Å²) in [6, 6.07) is 11.5. The lowest BCUT2D eigenvalue weighted by Crippen LogP contribution is -2.46. The van der Waals surface area contributed by atoms with Crippen molar-refractivity contribution >= 4 is 23.1 Å². The summed E-state index contributed by atoms with van der Waals surface area (Å²) in [5.41, 5.74) is 0.537. The Bertz CT molecular complexity index is 1390. The maximum atomic E-state index is 13.7. The highest BCUT2D eigenvalue weighted by atomic mass is 16.6. The zero-order valence-corrected chi connectivity index (χ0v) is 19.0. The van der Waals surface area contributed by atoms with Crippen molar-refractivity contribution in [2.24, 2.45) is 5.16 Å². The van der Waals surface area contributed by atoms with Crippen LogP contribution in [-0.2, 0) is 26.5 Å². The molecule has 0 bridgehead atoms. The molecule has 0 saturated carbocycles. The van der Waals surface area contributed by atoms with Crippen molar-refractivity contribution < 1.29 is 19.5 Å². The Balaban J connectivity index is 1.71. The first kappa shape index (κ1) is 21.3. The van der Waals surface area contributed by atoms with E-state index in [0.717, 1.165) is 16.5 Å². The number of fused-ring (bicyclic) bond motifs is 5. The van der Waals surface area contributed by atoms with Gasteiger partial charge in [-0.1, -0.05) is 30.3 Å². The summed E-state index contributed by atoms with van der Waals surface area (Å²) >= 11 is 0. The van der Waals surface area contributed by atoms with Gasteiger partial charge in [0.1, 0.15) is 5.60 Å². The molecule has 2 aliphatic heterocycles. The summed E-state index contributed by atoms with van der Waals surface area (Å²) in [4.78, 5) is 36.6. The Hall–Kier alpha value is -3.52. The normalized spacial score (nSPS) is 21.6. The molecule has 170 valence electrons. The van der Waals surface area contributed by atoms with Crippen molar-refractivity contribution in [3.8, 4) is 11.4 Å². The molecule has 2 atom stereocenters. The van der Waals surface area contributed by atoms with Gasteiger partial charge in [0.05, 0.1) is 35.2 Å². The van der Waals surface area contributed by atoms with Gasteiger partial charge in [-0.15, -0.1) is 0 Å². The Morgan fingerprint density at radius 1 is 1.30 bits per heavy atom. The number of carbonyl (C=O) groups is 1. The van der Waals surface area contributed by atoms with E-state index in [-0.39, 0.29) is 23.1 Å². The summed E-state index contributed by atoms with van der Waals surface area (Å²) < 4.78 is 7.07. The van der Waals surface area contributed by atoms with Crippen LogP contribution in [0.15, 0.2) is 46.3 Å². The number of rotatable bonds is 3. The molecule has 0 radical (unpaired) electrons. The van der Waals surface area contributed by atoms with Crippen LogP contribution in [0.3, 0.4) is 0 Å². The van der Waals surface area contributed by atoms with Gasteiger partial charge in [0, 0.05) is 16.5 Å². The van der Waals surface area contributed by atoms with Gasteiger partial charge in [-0.3, -0.25) is 4.79 Å². The van der Waals surface area contributed by atoms with Crippen LogP contribution in [0.2, 0.25) is 0 Å². The monoisotopic (exact) mass is 447 g/mol. The number of esters is 1. The van der Waals surface area contributed by atoms with Crippen LogP contribution in [0.4, 0.5) is 0 Å². The van der Waals surface area contributed by atoms with E-state index in [1.54, 1.807) is 17.6 Å². The molecule has 2 aromatic heterocycles. The van der Waals surface area contributed by atoms with E-state index >= 15 is 0 Å². The van der Waals surface area contributed by atoms with Crippen LogP contribution in [-0.4, -0.2) is 32.4 Å². The lowest BCUT2D eigenvalue weighted by molar-refractivity contribution is -0.174. The predicted molar refractivity (Wildman–Crippen MR) is 123 cm³/mol. The van der Waals surface area contributed by atoms with E-state index < -0.39 is 23.3 Å². The van der Waals surface area contributed by atoms with Crippen molar-refractivity contribution in [1.29, 1.82) is 0 Å². The minimum Gasteiger partial charge on any atom is -0.449 e. The first-order chi connectivity index (χ1) is 15.6. The number of para-hydroxylation sites is 1. The quantitative estimate of drug-likeness (QED) is 0.293. The number of benzene rings is 1. The number of hydrogen-bond acceptors (Lipinski definition) is 7. The van der Waals surface area contributed by atoms with E-state index in [2.05, 4.69) is 5.16 Å². The number of nitrogens with zero attached hydrogens (tertiary/aromatic N) is 3. The van der Waals surface area contributed by atoms with Crippen LogP contribution in [0.5, 0.6) is 0 Å². The molecule has 0 fully saturated rings. The number of aliphatic hydroxyl groups is 1. The molecule has 4 heterocycles. The van der Waals surface area contributed by atoms with Crippen LogP contribution in [0, 0.1) is 0 Å². The zero-order chi connectivity index (χ0) is 23.5. The maximum absolute atomic E-state index is 13.7. The van der Waals surface area contributed by atoms with E-state index in [9.17, 15) is 14.7 Å². The van der Waals surface area contributed by atoms with Crippen molar-refractivity contribution in [3.05, 3.63) is 63.4 Å². The van der Waals surface area contributed by atoms with Crippen molar-refractivity contribution in [2.75, 3.05) is 0 Å². The molecule has 3 aromatic rings. The molecule has 1 unspecified atom stereocenters. The molecule has 33 heavy (non-hydrogen) atoms. The van der Waals surface area contributed by atoms with E-state index in [0.29, 0.717) is 17.9 Å². The van der Waals surface area contributed by atoms with Gasteiger partial charge in [-0.2, -0.15) is 0 Å². The van der Waals surface area contributed by atoms with E-state index in [1.165, 1.54) is 6.21 Å². The zero-order valence-electron chi connectivity index (χ0n) is 19.0. The molecule has 1 aromatic carbocycles. The molecule has 0 spiro atoms. The topological polar surface area (TPSA) is 103 Å². The van der Waals surface area contributed by atoms with Crippen LogP contribution in [0.1, 0.15) is 56.9 Å². The van der Waals surface area contributed by atoms with Gasteiger partial charge >= 0.3 is 5.97 Å². The van der Waals surface area contributed by atoms with Crippen molar-refractivity contribution in [3.63, 3.8) is 0 Å². The highest BCUT2D eigenvalue weighted by molar-refractivity contribution is 5.89. The number of aromatic nitrogens is 2. The summed E-state index contributed by atoms with van der Waals surface area (Å²) in [5, 5.41) is 16.2. The molecule has 8 nitrogen and oxygen atoms in total. The highest BCUT2D eigenvalue weighted by Gasteiger charge is 2.48. The van der Waals surface area contributed by atoms with Gasteiger partial charge in [0.2, 0.25) is 0 Å². The molecule has 5 rings (SSSR count). The van der Waals surface area contributed by atoms with E-state index in [4.69, 9.17) is 14.6 Å². The molecule has 2 aliphatic rings. The Labute approximate surface area is 190 Å². The smallest absolute Gasteiger partial charge is 0.343 e. The van der Waals surface area contributed by atoms with Crippen LogP contribution >= 0.6 is 0 Å². The Morgan fingerprint density at radius 3 is 2.79 bits per heavy atom. The molecule has 0 saturated heterocycles. The number of pyridine rings is 2. The average molecular weight is 447 g/mol. The summed E-state index contributed by atoms with van der Waals surface area (Å²) in [5.74, 6) is -0.821. The molecule has 0 aliphatic carbocycles. The molecule has 1 N–H and O–H groups in total. The van der Waals surface area contributed by atoms with Crippen LogP contribution < -0.4 is 5.56 Å². The average Bonchev–Trinajstić information content (AvgIpc) is 3.12. The number of ether oxygens (including phenoxy) is 1. The summed E-state index contributed by atoms with van der Waals surface area (Å²) in [7, 11) is 0. The van der Waals surface area contributed by atoms with Crippen molar-refractivity contribution in [2.45, 2.75) is 58.0 Å². The van der Waals surface area contributed by atoms with Gasteiger partial charge in [0.15, 0.2) is 11.7 Å². The van der Waals surface area contributed by atoms with Gasteiger partial charge in [-0.25, -0.2) is 9.78 Å². The largest absolute Gasteiger partial charge is 0.449 e. The number of hydrogen-bond donors (Lipinski definition) is 1. The van der Waals surface area contributed by atoms with Gasteiger partial charge in [-0.05, 0) is 45.4 Å². The van der Waals surface area contributed by atoms with E-state index in [1.807, 2.05) is 51.1 Å². The standard InChI is InChI=1S/C25H25N3O5/c1-5-25(31)16-11-18-21-15(10-14-8-6-7-9-17(14)27-21)13-28(18)22(29)20(16)19(32-23(25)30)12-26-33-24(2,3)4/h6-12,19,31H,5,13H2,1-4H3/b26-12+/t19?,25-/m0/s1. The first-order valence-electron chi connectivity index (χ1n) is 10.9. The fourth-order valence-electron chi connectivity index (χ4n) is 4.37. The molecular weight excluding hydrogens is 422 g/mol. The second-order valence-corrected chi connectivity index (χ2v) is 9.43. The minimum absolute atomic E-state index is 0.0576. The fraction of sp³-hybridized carbons (Fsp3) is 0.360. The fourth-order valence-corrected chi connectivity index (χ4v) is 4.37. The molecular formula is C25H25N3O5. The summed E-state index contributed by atoms with van der Waals surface area (Å²) in [6.07, 6.45) is 0.283. The molecule has 0 amide bonds. The highest BCUT2D eigenvalue weighted by Crippen LogP contribution is 2.41. The predicted octanol–water partition coefficient (Wildman–Crippen LogP) is 3.42. The van der Waals surface area contributed by atoms with Gasteiger partial charge in [0.25, 0.3) is 5.56 Å². The molecule has 8 heteroatoms.